The van der Waals surface area contributed by atoms with Gasteiger partial charge in [-0.3, -0.25) is 0 Å². The summed E-state index contributed by atoms with van der Waals surface area (Å²) in [5.41, 5.74) is 5.23. The zero-order chi connectivity index (χ0) is 23.9. The summed E-state index contributed by atoms with van der Waals surface area (Å²) in [6.45, 7) is -0.211. The van der Waals surface area contributed by atoms with Gasteiger partial charge in [-0.1, -0.05) is 48.5 Å². The Hall–Kier alpha value is -3.04. The molecular weight excluding hydrogens is 588 g/mol. The minimum absolute atomic E-state index is 0. The first kappa shape index (κ1) is 29.2. The summed E-state index contributed by atoms with van der Waals surface area (Å²) in [7, 11) is 0. The minimum Gasteiger partial charge on any atom is -1.00 e. The van der Waals surface area contributed by atoms with Crippen molar-refractivity contribution in [1.29, 1.82) is 0 Å². The van der Waals surface area contributed by atoms with Gasteiger partial charge in [0.05, 0.1) is 26.1 Å². The Morgan fingerprint density at radius 1 is 0.556 bits per heavy atom. The van der Waals surface area contributed by atoms with E-state index in [1.54, 1.807) is 49.1 Å². The highest BCUT2D eigenvalue weighted by molar-refractivity contribution is 5.72. The highest BCUT2D eigenvalue weighted by atomic mass is 79.9. The Labute approximate surface area is 231 Å². The molecule has 2 heterocycles. The van der Waals surface area contributed by atoms with Crippen molar-refractivity contribution in [2.24, 2.45) is 0 Å². The normalized spacial score (nSPS) is 10.2. The van der Waals surface area contributed by atoms with Crippen LogP contribution in [0.5, 0.6) is 0 Å². The number of aliphatic hydroxyl groups is 2. The van der Waals surface area contributed by atoms with Gasteiger partial charge in [-0.25, -0.2) is 9.59 Å². The van der Waals surface area contributed by atoms with Gasteiger partial charge in [-0.05, 0) is 34.4 Å². The summed E-state index contributed by atoms with van der Waals surface area (Å²) in [5.74, 6) is -0.140. The third kappa shape index (κ3) is 7.48. The molecule has 2 aromatic carbocycles. The van der Waals surface area contributed by atoms with Crippen molar-refractivity contribution in [2.75, 3.05) is 0 Å². The first-order chi connectivity index (χ1) is 16.6. The SMILES string of the molecule is O=C(Cc1ccc(-c2ccc(CC(=O)[n+]3cccc(CO)c3)cc2)cc1)[n+]1cccc(CO)c1.[Br-].[Br-]. The summed E-state index contributed by atoms with van der Waals surface area (Å²) >= 11 is 0. The standard InChI is InChI=1S/C28H26N2O4.2BrH/c31-19-23-3-1-13-29(17-23)27(33)15-21-5-9-25(10-6-21)26-11-7-22(8-12-26)16-28(34)30-14-2-4-24(18-30)20-32;;/h1-14,17-18,31-32H,15-16,19-20H2;2*1H/q+2;;/p-2. The second-order valence-electron chi connectivity index (χ2n) is 8.09. The molecule has 0 saturated heterocycles. The Morgan fingerprint density at radius 2 is 0.917 bits per heavy atom. The number of hydrogen-bond acceptors (Lipinski definition) is 4. The maximum Gasteiger partial charge on any atom is 0.396 e. The molecule has 36 heavy (non-hydrogen) atoms. The monoisotopic (exact) mass is 612 g/mol. The number of aliphatic hydroxyl groups excluding tert-OH is 2. The van der Waals surface area contributed by atoms with Crippen LogP contribution in [0.1, 0.15) is 31.8 Å². The zero-order valence-electron chi connectivity index (χ0n) is 19.4. The average molecular weight is 614 g/mol. The number of nitrogens with zero attached hydrogens (tertiary/aromatic N) is 2. The first-order valence-corrected chi connectivity index (χ1v) is 11.0. The van der Waals surface area contributed by atoms with Crippen molar-refractivity contribution >= 4 is 11.8 Å². The van der Waals surface area contributed by atoms with Crippen LogP contribution in [0.4, 0.5) is 0 Å². The molecule has 0 unspecified atom stereocenters. The second-order valence-corrected chi connectivity index (χ2v) is 8.09. The van der Waals surface area contributed by atoms with Gasteiger partial charge in [-0.2, -0.15) is 0 Å². The van der Waals surface area contributed by atoms with E-state index in [9.17, 15) is 19.8 Å². The van der Waals surface area contributed by atoms with E-state index in [-0.39, 0.29) is 71.8 Å². The van der Waals surface area contributed by atoms with Gasteiger partial charge in [0.25, 0.3) is 0 Å². The summed E-state index contributed by atoms with van der Waals surface area (Å²) in [6.07, 6.45) is 7.18. The van der Waals surface area contributed by atoms with Gasteiger partial charge in [0.2, 0.25) is 0 Å². The molecule has 0 aliphatic carbocycles. The van der Waals surface area contributed by atoms with Crippen LogP contribution < -0.4 is 43.1 Å². The van der Waals surface area contributed by atoms with Crippen molar-refractivity contribution in [2.45, 2.75) is 26.1 Å². The van der Waals surface area contributed by atoms with Crippen LogP contribution in [0.2, 0.25) is 0 Å². The molecule has 0 radical (unpaired) electrons. The number of benzene rings is 2. The van der Waals surface area contributed by atoms with Crippen LogP contribution in [0.25, 0.3) is 11.1 Å². The lowest BCUT2D eigenvalue weighted by molar-refractivity contribution is -0.575. The van der Waals surface area contributed by atoms with Gasteiger partial charge < -0.3 is 44.2 Å². The first-order valence-electron chi connectivity index (χ1n) is 11.0. The number of aromatic nitrogens is 2. The summed E-state index contributed by atoms with van der Waals surface area (Å²) in [5, 5.41) is 18.5. The van der Waals surface area contributed by atoms with Gasteiger partial charge in [-0.15, -0.1) is 9.13 Å². The zero-order valence-corrected chi connectivity index (χ0v) is 22.6. The van der Waals surface area contributed by atoms with Crippen molar-refractivity contribution in [3.8, 4) is 11.1 Å². The number of pyridine rings is 2. The lowest BCUT2D eigenvalue weighted by Gasteiger charge is -2.05. The van der Waals surface area contributed by atoms with E-state index < -0.39 is 0 Å². The number of carbonyl (C=O) groups excluding carboxylic acids is 2. The maximum absolute atomic E-state index is 12.5. The Kier molecular flexibility index (Phi) is 11.3. The Balaban J connectivity index is 0.00000228. The fraction of sp³-hybridized carbons (Fsp3) is 0.143. The lowest BCUT2D eigenvalue weighted by atomic mass is 10.0. The van der Waals surface area contributed by atoms with E-state index in [1.165, 1.54) is 9.13 Å². The number of rotatable bonds is 7. The fourth-order valence-electron chi connectivity index (χ4n) is 3.71. The van der Waals surface area contributed by atoms with Gasteiger partial charge in [0.15, 0.2) is 24.8 Å². The molecule has 0 amide bonds. The van der Waals surface area contributed by atoms with E-state index >= 15 is 0 Å². The van der Waals surface area contributed by atoms with Crippen LogP contribution in [0, 0.1) is 0 Å². The molecule has 4 aromatic rings. The Morgan fingerprint density at radius 3 is 1.25 bits per heavy atom. The highest BCUT2D eigenvalue weighted by Crippen LogP contribution is 2.21. The number of carbonyl (C=O) groups is 2. The summed E-state index contributed by atoms with van der Waals surface area (Å²) < 4.78 is 3.00. The minimum atomic E-state index is -0.106. The van der Waals surface area contributed by atoms with Gasteiger partial charge >= 0.3 is 11.8 Å². The molecule has 0 saturated carbocycles. The molecule has 0 atom stereocenters. The predicted octanol–water partition coefficient (Wildman–Crippen LogP) is -3.31. The molecule has 0 aliphatic heterocycles. The van der Waals surface area contributed by atoms with Crippen LogP contribution >= 0.6 is 0 Å². The molecule has 0 bridgehead atoms. The quantitative estimate of drug-likeness (QED) is 0.214. The molecule has 0 fully saturated rings. The van der Waals surface area contributed by atoms with E-state index in [0.29, 0.717) is 11.1 Å². The number of halogens is 2. The lowest BCUT2D eigenvalue weighted by Crippen LogP contribution is -3.00. The highest BCUT2D eigenvalue weighted by Gasteiger charge is 2.17. The Bertz CT molecular complexity index is 1210. The van der Waals surface area contributed by atoms with Crippen molar-refractivity contribution in [3.05, 3.63) is 120 Å². The molecule has 0 spiro atoms. The third-order valence-corrected chi connectivity index (χ3v) is 5.62. The molecule has 2 aromatic heterocycles. The van der Waals surface area contributed by atoms with E-state index in [4.69, 9.17) is 0 Å². The van der Waals surface area contributed by atoms with Gasteiger partial charge in [0, 0.05) is 23.3 Å². The molecule has 0 aliphatic rings. The molecule has 2 N–H and O–H groups in total. The van der Waals surface area contributed by atoms with Crippen LogP contribution in [0.3, 0.4) is 0 Å². The molecule has 186 valence electrons. The molecule has 8 heteroatoms. The average Bonchev–Trinajstić information content (AvgIpc) is 2.89. The maximum atomic E-state index is 12.5. The third-order valence-electron chi connectivity index (χ3n) is 5.62. The molecular formula is C28H26Br2N2O4. The van der Waals surface area contributed by atoms with E-state index in [0.717, 1.165) is 22.3 Å². The summed E-state index contributed by atoms with van der Waals surface area (Å²) in [4.78, 5) is 25.1. The van der Waals surface area contributed by atoms with Crippen LogP contribution in [-0.2, 0) is 26.1 Å². The van der Waals surface area contributed by atoms with Crippen LogP contribution in [-0.4, -0.2) is 22.0 Å². The van der Waals surface area contributed by atoms with Crippen molar-refractivity contribution < 1.29 is 62.9 Å². The fourth-order valence-corrected chi connectivity index (χ4v) is 3.71. The largest absolute Gasteiger partial charge is 1.00 e. The summed E-state index contributed by atoms with van der Waals surface area (Å²) in [6, 6.07) is 22.7. The smallest absolute Gasteiger partial charge is 0.396 e. The second kappa shape index (κ2) is 13.9. The van der Waals surface area contributed by atoms with Crippen molar-refractivity contribution in [1.82, 2.24) is 0 Å². The number of hydrogen-bond donors (Lipinski definition) is 2. The molecule has 6 nitrogen and oxygen atoms in total. The van der Waals surface area contributed by atoms with Crippen LogP contribution in [0.15, 0.2) is 97.6 Å². The van der Waals surface area contributed by atoms with E-state index in [2.05, 4.69) is 0 Å². The topological polar surface area (TPSA) is 82.4 Å². The van der Waals surface area contributed by atoms with Crippen molar-refractivity contribution in [3.63, 3.8) is 0 Å². The van der Waals surface area contributed by atoms with Gasteiger partial charge in [0.1, 0.15) is 0 Å². The van der Waals surface area contributed by atoms with E-state index in [1.807, 2.05) is 48.5 Å². The molecule has 4 rings (SSSR count). The predicted molar refractivity (Wildman–Crippen MR) is 126 cm³/mol.